The van der Waals surface area contributed by atoms with Crippen molar-refractivity contribution in [1.82, 2.24) is 4.98 Å². The molecule has 21 heavy (non-hydrogen) atoms. The summed E-state index contributed by atoms with van der Waals surface area (Å²) >= 11 is 0. The van der Waals surface area contributed by atoms with Gasteiger partial charge in [0.1, 0.15) is 5.69 Å². The lowest BCUT2D eigenvalue weighted by atomic mass is 10.2. The molecule has 5 nitrogen and oxygen atoms in total. The molecule has 0 unspecified atom stereocenters. The number of H-pyrrole nitrogens is 1. The molecule has 2 aromatic carbocycles. The predicted molar refractivity (Wildman–Crippen MR) is 81.8 cm³/mol. The maximum Gasteiger partial charge on any atom is 0.272 e. The molecule has 0 bridgehead atoms. The van der Waals surface area contributed by atoms with Crippen molar-refractivity contribution >= 4 is 26.6 Å². The fraction of sp³-hybridized carbons (Fsp3) is 0. The van der Waals surface area contributed by atoms with Crippen molar-refractivity contribution in [3.63, 3.8) is 0 Å². The first kappa shape index (κ1) is 13.4. The summed E-state index contributed by atoms with van der Waals surface area (Å²) in [5, 5.41) is 0.753. The van der Waals surface area contributed by atoms with Gasteiger partial charge < -0.3 is 4.98 Å². The Bertz CT molecular complexity index is 947. The normalized spacial score (nSPS) is 11.4. The first-order chi connectivity index (χ1) is 10.1. The van der Waals surface area contributed by atoms with Gasteiger partial charge in [0, 0.05) is 10.9 Å². The van der Waals surface area contributed by atoms with Crippen LogP contribution < -0.4 is 10.3 Å². The summed E-state index contributed by atoms with van der Waals surface area (Å²) in [6.45, 7) is 0. The lowest BCUT2D eigenvalue weighted by molar-refractivity contribution is 0.601. The van der Waals surface area contributed by atoms with Gasteiger partial charge >= 0.3 is 0 Å². The van der Waals surface area contributed by atoms with Crippen LogP contribution in [0.3, 0.4) is 0 Å². The highest BCUT2D eigenvalue weighted by Gasteiger charge is 2.15. The number of pyridine rings is 1. The molecule has 0 saturated heterocycles. The van der Waals surface area contributed by atoms with E-state index in [4.69, 9.17) is 0 Å². The Morgan fingerprint density at radius 1 is 0.905 bits per heavy atom. The Hall–Kier alpha value is -2.60. The Morgan fingerprint density at radius 3 is 2.33 bits per heavy atom. The minimum Gasteiger partial charge on any atom is -0.320 e. The van der Waals surface area contributed by atoms with Gasteiger partial charge in [0.2, 0.25) is 0 Å². The van der Waals surface area contributed by atoms with E-state index in [0.717, 1.165) is 5.39 Å². The molecule has 2 N–H and O–H groups in total. The Kier molecular flexibility index (Phi) is 3.23. The number of sulfonamides is 1. The quantitative estimate of drug-likeness (QED) is 0.779. The van der Waals surface area contributed by atoms with E-state index >= 15 is 0 Å². The largest absolute Gasteiger partial charge is 0.320 e. The van der Waals surface area contributed by atoms with Gasteiger partial charge in [-0.15, -0.1) is 0 Å². The maximum absolute atomic E-state index is 12.2. The number of benzene rings is 2. The van der Waals surface area contributed by atoms with E-state index in [-0.39, 0.29) is 10.6 Å². The van der Waals surface area contributed by atoms with Crippen LogP contribution in [0.4, 0.5) is 5.69 Å². The molecule has 3 aromatic rings. The zero-order chi connectivity index (χ0) is 14.9. The van der Waals surface area contributed by atoms with Crippen LogP contribution >= 0.6 is 0 Å². The van der Waals surface area contributed by atoms with Gasteiger partial charge in [-0.25, -0.2) is 8.42 Å². The van der Waals surface area contributed by atoms with Gasteiger partial charge in [0.05, 0.1) is 4.90 Å². The molecular weight excluding hydrogens is 288 g/mol. The van der Waals surface area contributed by atoms with Crippen molar-refractivity contribution in [2.24, 2.45) is 0 Å². The zero-order valence-corrected chi connectivity index (χ0v) is 11.7. The molecule has 0 atom stereocenters. The highest BCUT2D eigenvalue weighted by Crippen LogP contribution is 2.16. The number of hydrogen-bond donors (Lipinski definition) is 2. The van der Waals surface area contributed by atoms with Crippen molar-refractivity contribution in [3.05, 3.63) is 71.0 Å². The van der Waals surface area contributed by atoms with Gasteiger partial charge in [-0.3, -0.25) is 9.52 Å². The molecule has 0 aliphatic heterocycles. The van der Waals surface area contributed by atoms with Crippen LogP contribution in [0.2, 0.25) is 0 Å². The average molecular weight is 300 g/mol. The van der Waals surface area contributed by atoms with Crippen LogP contribution in [0, 0.1) is 0 Å². The van der Waals surface area contributed by atoms with Crippen molar-refractivity contribution in [2.75, 3.05) is 4.72 Å². The zero-order valence-electron chi connectivity index (χ0n) is 10.9. The highest BCUT2D eigenvalue weighted by atomic mass is 32.2. The first-order valence-electron chi connectivity index (χ1n) is 6.26. The van der Waals surface area contributed by atoms with Crippen molar-refractivity contribution in [1.29, 1.82) is 0 Å². The number of nitrogens with one attached hydrogen (secondary N) is 2. The van der Waals surface area contributed by atoms with Crippen LogP contribution in [-0.2, 0) is 10.0 Å². The highest BCUT2D eigenvalue weighted by molar-refractivity contribution is 7.92. The minimum atomic E-state index is -3.77. The van der Waals surface area contributed by atoms with Gasteiger partial charge in [-0.05, 0) is 24.3 Å². The molecule has 6 heteroatoms. The third-order valence-electron chi connectivity index (χ3n) is 3.05. The van der Waals surface area contributed by atoms with Gasteiger partial charge in [-0.2, -0.15) is 0 Å². The Balaban J connectivity index is 2.06. The van der Waals surface area contributed by atoms with Crippen LogP contribution in [0.25, 0.3) is 10.9 Å². The van der Waals surface area contributed by atoms with Crippen LogP contribution in [0.15, 0.2) is 70.4 Å². The molecule has 0 aliphatic carbocycles. The van der Waals surface area contributed by atoms with Crippen molar-refractivity contribution in [3.8, 4) is 0 Å². The molecule has 1 heterocycles. The fourth-order valence-electron chi connectivity index (χ4n) is 2.03. The van der Waals surface area contributed by atoms with Crippen molar-refractivity contribution in [2.45, 2.75) is 4.90 Å². The van der Waals surface area contributed by atoms with E-state index in [2.05, 4.69) is 9.71 Å². The number of anilines is 1. The number of hydrogen-bond acceptors (Lipinski definition) is 3. The molecule has 3 rings (SSSR count). The van der Waals surface area contributed by atoms with Gasteiger partial charge in [-0.1, -0.05) is 36.4 Å². The number of rotatable bonds is 3. The van der Waals surface area contributed by atoms with Gasteiger partial charge in [0.15, 0.2) is 0 Å². The average Bonchev–Trinajstić information content (AvgIpc) is 2.49. The number of aromatic amines is 1. The van der Waals surface area contributed by atoms with Crippen LogP contribution in [0.5, 0.6) is 0 Å². The molecule has 0 saturated carbocycles. The molecule has 106 valence electrons. The third-order valence-corrected chi connectivity index (χ3v) is 4.43. The summed E-state index contributed by atoms with van der Waals surface area (Å²) in [4.78, 5) is 14.7. The second kappa shape index (κ2) is 5.06. The maximum atomic E-state index is 12.2. The summed E-state index contributed by atoms with van der Waals surface area (Å²) in [6.07, 6.45) is 0. The SMILES string of the molecule is O=c1[nH]c2ccccc2cc1NS(=O)(=O)c1ccccc1. The summed E-state index contributed by atoms with van der Waals surface area (Å²) in [5.74, 6) is 0. The second-order valence-corrected chi connectivity index (χ2v) is 6.20. The Morgan fingerprint density at radius 2 is 1.57 bits per heavy atom. The molecular formula is C15H12N2O3S. The second-order valence-electron chi connectivity index (χ2n) is 4.52. The van der Waals surface area contributed by atoms with Crippen LogP contribution in [0.1, 0.15) is 0 Å². The number of aromatic nitrogens is 1. The molecule has 0 spiro atoms. The summed E-state index contributed by atoms with van der Waals surface area (Å²) in [5.41, 5.74) is 0.177. The minimum absolute atomic E-state index is 0.00227. The van der Waals surface area contributed by atoms with E-state index in [1.165, 1.54) is 18.2 Å². The third kappa shape index (κ3) is 2.66. The summed E-state index contributed by atoms with van der Waals surface area (Å²) in [6, 6.07) is 16.6. The molecule has 0 amide bonds. The van der Waals surface area contributed by atoms with Crippen molar-refractivity contribution < 1.29 is 8.42 Å². The molecule has 0 aliphatic rings. The lowest BCUT2D eigenvalue weighted by Crippen LogP contribution is -2.20. The monoisotopic (exact) mass is 300 g/mol. The predicted octanol–water partition coefficient (Wildman–Crippen LogP) is 2.33. The summed E-state index contributed by atoms with van der Waals surface area (Å²) < 4.78 is 26.8. The van der Waals surface area contributed by atoms with Gasteiger partial charge in [0.25, 0.3) is 15.6 Å². The fourth-order valence-corrected chi connectivity index (χ4v) is 3.10. The molecule has 0 fully saturated rings. The molecule has 1 aromatic heterocycles. The standard InChI is InChI=1S/C15H12N2O3S/c18-15-14(10-11-6-4-5-9-13(11)16-15)17-21(19,20)12-7-2-1-3-8-12/h1-10,17H,(H,16,18). The first-order valence-corrected chi connectivity index (χ1v) is 7.74. The summed E-state index contributed by atoms with van der Waals surface area (Å²) in [7, 11) is -3.77. The lowest BCUT2D eigenvalue weighted by Gasteiger charge is -2.08. The van der Waals surface area contributed by atoms with E-state index in [9.17, 15) is 13.2 Å². The topological polar surface area (TPSA) is 79.0 Å². The van der Waals surface area contributed by atoms with E-state index in [1.807, 2.05) is 6.07 Å². The van der Waals surface area contributed by atoms with Crippen LogP contribution in [-0.4, -0.2) is 13.4 Å². The van der Waals surface area contributed by atoms with E-state index in [0.29, 0.717) is 5.52 Å². The number of fused-ring (bicyclic) bond motifs is 1. The molecule has 0 radical (unpaired) electrons. The van der Waals surface area contributed by atoms with E-state index in [1.54, 1.807) is 36.4 Å². The smallest absolute Gasteiger partial charge is 0.272 e. The Labute approximate surface area is 121 Å². The van der Waals surface area contributed by atoms with E-state index < -0.39 is 15.6 Å². The number of para-hydroxylation sites is 1.